The lowest BCUT2D eigenvalue weighted by Gasteiger charge is -2.32. The van der Waals surface area contributed by atoms with Crippen LogP contribution in [-0.4, -0.2) is 25.3 Å². The van der Waals surface area contributed by atoms with E-state index in [2.05, 4.69) is 13.8 Å². The van der Waals surface area contributed by atoms with Gasteiger partial charge < -0.3 is 4.74 Å². The summed E-state index contributed by atoms with van der Waals surface area (Å²) >= 11 is 0. The average Bonchev–Trinajstić information content (AvgIpc) is 2.41. The molecule has 2 unspecified atom stereocenters. The first-order valence-electron chi connectivity index (χ1n) is 8.24. The van der Waals surface area contributed by atoms with Crippen molar-refractivity contribution in [3.8, 4) is 0 Å². The van der Waals surface area contributed by atoms with Crippen LogP contribution in [0.5, 0.6) is 0 Å². The Morgan fingerprint density at radius 2 is 1.65 bits per heavy atom. The molecule has 23 heavy (non-hydrogen) atoms. The number of allylic oxidation sites excluding steroid dienone is 6. The molecule has 0 spiro atoms. The summed E-state index contributed by atoms with van der Waals surface area (Å²) in [4.78, 5) is 24.6. The third kappa shape index (κ3) is 5.00. The SMILES string of the molecule is COCC1CC(C)=C(C)CC1C(=O)C(=C(C)C)/C(C)=C\C(C)=O. The van der Waals surface area contributed by atoms with Gasteiger partial charge in [-0.25, -0.2) is 0 Å². The van der Waals surface area contributed by atoms with Crippen LogP contribution in [0.3, 0.4) is 0 Å². The molecule has 128 valence electrons. The van der Waals surface area contributed by atoms with Crippen LogP contribution in [-0.2, 0) is 14.3 Å². The number of hydrogen-bond donors (Lipinski definition) is 0. The van der Waals surface area contributed by atoms with Gasteiger partial charge in [-0.1, -0.05) is 16.7 Å². The Morgan fingerprint density at radius 1 is 1.09 bits per heavy atom. The molecule has 0 radical (unpaired) electrons. The summed E-state index contributed by atoms with van der Waals surface area (Å²) in [5.41, 5.74) is 5.11. The molecule has 3 heteroatoms. The average molecular weight is 318 g/mol. The number of ketones is 2. The third-order valence-electron chi connectivity index (χ3n) is 4.67. The number of carbonyl (C=O) groups excluding carboxylic acids is 2. The van der Waals surface area contributed by atoms with Crippen LogP contribution in [0, 0.1) is 11.8 Å². The molecule has 0 aromatic heterocycles. The Kier molecular flexibility index (Phi) is 7.14. The van der Waals surface area contributed by atoms with Gasteiger partial charge in [0.15, 0.2) is 11.6 Å². The number of rotatable bonds is 6. The fourth-order valence-electron chi connectivity index (χ4n) is 3.47. The van der Waals surface area contributed by atoms with Gasteiger partial charge in [-0.05, 0) is 72.0 Å². The van der Waals surface area contributed by atoms with E-state index in [1.807, 2.05) is 20.8 Å². The Balaban J connectivity index is 3.22. The molecule has 3 nitrogen and oxygen atoms in total. The van der Waals surface area contributed by atoms with Gasteiger partial charge in [0.05, 0.1) is 6.61 Å². The third-order valence-corrected chi connectivity index (χ3v) is 4.67. The molecular weight excluding hydrogens is 288 g/mol. The maximum atomic E-state index is 13.2. The van der Waals surface area contributed by atoms with Crippen molar-refractivity contribution in [2.45, 2.75) is 54.4 Å². The molecule has 1 rings (SSSR count). The fraction of sp³-hybridized carbons (Fsp3) is 0.600. The fourth-order valence-corrected chi connectivity index (χ4v) is 3.47. The monoisotopic (exact) mass is 318 g/mol. The zero-order valence-corrected chi connectivity index (χ0v) is 15.6. The van der Waals surface area contributed by atoms with Crippen LogP contribution in [0.4, 0.5) is 0 Å². The Bertz CT molecular complexity index is 572. The van der Waals surface area contributed by atoms with Gasteiger partial charge in [-0.2, -0.15) is 0 Å². The summed E-state index contributed by atoms with van der Waals surface area (Å²) in [6.45, 7) is 12.1. The van der Waals surface area contributed by atoms with E-state index < -0.39 is 0 Å². The van der Waals surface area contributed by atoms with E-state index >= 15 is 0 Å². The van der Waals surface area contributed by atoms with E-state index in [9.17, 15) is 9.59 Å². The van der Waals surface area contributed by atoms with Gasteiger partial charge in [0.2, 0.25) is 0 Å². The molecule has 1 aliphatic rings. The number of Topliss-reactive ketones (excluding diaryl/α,β-unsaturated/α-hetero) is 1. The summed E-state index contributed by atoms with van der Waals surface area (Å²) in [5.74, 6) is 0.251. The summed E-state index contributed by atoms with van der Waals surface area (Å²) < 4.78 is 5.35. The van der Waals surface area contributed by atoms with Gasteiger partial charge >= 0.3 is 0 Å². The van der Waals surface area contributed by atoms with Crippen LogP contribution in [0.1, 0.15) is 54.4 Å². The van der Waals surface area contributed by atoms with E-state index in [1.54, 1.807) is 13.2 Å². The van der Waals surface area contributed by atoms with Gasteiger partial charge in [-0.3, -0.25) is 9.59 Å². The predicted octanol–water partition coefficient (Wildman–Crippen LogP) is 4.44. The minimum atomic E-state index is -0.0705. The van der Waals surface area contributed by atoms with E-state index in [0.717, 1.165) is 24.0 Å². The van der Waals surface area contributed by atoms with E-state index in [0.29, 0.717) is 12.2 Å². The standard InChI is InChI=1S/C20H30O3/c1-12(2)19(15(5)8-16(6)21)20(22)18-10-14(4)13(3)9-17(18)11-23-7/h8,17-18H,9-11H2,1-7H3/b15-8-. The highest BCUT2D eigenvalue weighted by molar-refractivity contribution is 6.03. The maximum Gasteiger partial charge on any atom is 0.166 e. The second-order valence-corrected chi connectivity index (χ2v) is 6.97. The highest BCUT2D eigenvalue weighted by Gasteiger charge is 2.34. The Labute approximate surface area is 140 Å². The summed E-state index contributed by atoms with van der Waals surface area (Å²) in [5, 5.41) is 0. The molecule has 0 aromatic rings. The molecule has 2 atom stereocenters. The van der Waals surface area contributed by atoms with Crippen molar-refractivity contribution in [2.24, 2.45) is 11.8 Å². The molecule has 0 heterocycles. The van der Waals surface area contributed by atoms with Crippen LogP contribution in [0.25, 0.3) is 0 Å². The second kappa shape index (κ2) is 8.39. The lowest BCUT2D eigenvalue weighted by atomic mass is 9.72. The van der Waals surface area contributed by atoms with Crippen LogP contribution in [0.15, 0.2) is 33.9 Å². The summed E-state index contributed by atoms with van der Waals surface area (Å²) in [7, 11) is 1.69. The first-order valence-corrected chi connectivity index (χ1v) is 8.24. The zero-order chi connectivity index (χ0) is 17.7. The molecule has 1 aliphatic carbocycles. The van der Waals surface area contributed by atoms with Gasteiger partial charge in [0.25, 0.3) is 0 Å². The van der Waals surface area contributed by atoms with E-state index in [-0.39, 0.29) is 23.4 Å². The minimum Gasteiger partial charge on any atom is -0.384 e. The smallest absolute Gasteiger partial charge is 0.166 e. The second-order valence-electron chi connectivity index (χ2n) is 6.97. The van der Waals surface area contributed by atoms with Crippen molar-refractivity contribution in [3.05, 3.63) is 33.9 Å². The topological polar surface area (TPSA) is 43.4 Å². The molecule has 0 N–H and O–H groups in total. The molecule has 0 aromatic carbocycles. The van der Waals surface area contributed by atoms with Crippen molar-refractivity contribution >= 4 is 11.6 Å². The molecule has 0 saturated heterocycles. The van der Waals surface area contributed by atoms with Crippen molar-refractivity contribution in [1.82, 2.24) is 0 Å². The molecule has 0 saturated carbocycles. The van der Waals surface area contributed by atoms with Crippen molar-refractivity contribution in [1.29, 1.82) is 0 Å². The first-order chi connectivity index (χ1) is 10.7. The lowest BCUT2D eigenvalue weighted by molar-refractivity contribution is -0.121. The maximum absolute atomic E-state index is 13.2. The normalized spacial score (nSPS) is 22.1. The number of methoxy groups -OCH3 is 1. The Hall–Kier alpha value is -1.48. The lowest BCUT2D eigenvalue weighted by Crippen LogP contribution is -2.32. The van der Waals surface area contributed by atoms with Crippen LogP contribution in [0.2, 0.25) is 0 Å². The molecule has 0 bridgehead atoms. The summed E-state index contributed by atoms with van der Waals surface area (Å²) in [6, 6.07) is 0. The number of hydrogen-bond acceptors (Lipinski definition) is 3. The molecule has 0 amide bonds. The zero-order valence-electron chi connectivity index (χ0n) is 15.6. The first kappa shape index (κ1) is 19.6. The molecule has 0 aliphatic heterocycles. The Morgan fingerprint density at radius 3 is 2.13 bits per heavy atom. The quantitative estimate of drug-likeness (QED) is 0.413. The van der Waals surface area contributed by atoms with Gasteiger partial charge in [0, 0.05) is 18.6 Å². The van der Waals surface area contributed by atoms with Gasteiger partial charge in [0.1, 0.15) is 0 Å². The van der Waals surface area contributed by atoms with Gasteiger partial charge in [-0.15, -0.1) is 0 Å². The summed E-state index contributed by atoms with van der Waals surface area (Å²) in [6.07, 6.45) is 3.24. The van der Waals surface area contributed by atoms with Crippen LogP contribution < -0.4 is 0 Å². The number of ether oxygens (including phenoxy) is 1. The number of carbonyl (C=O) groups is 2. The van der Waals surface area contributed by atoms with E-state index in [1.165, 1.54) is 18.1 Å². The minimum absolute atomic E-state index is 0.0296. The van der Waals surface area contributed by atoms with Crippen LogP contribution >= 0.6 is 0 Å². The highest BCUT2D eigenvalue weighted by Crippen LogP contribution is 2.37. The van der Waals surface area contributed by atoms with E-state index in [4.69, 9.17) is 4.74 Å². The molecule has 0 fully saturated rings. The largest absolute Gasteiger partial charge is 0.384 e. The van der Waals surface area contributed by atoms with Crippen molar-refractivity contribution in [3.63, 3.8) is 0 Å². The van der Waals surface area contributed by atoms with Crippen molar-refractivity contribution < 1.29 is 14.3 Å². The molecular formula is C20H30O3. The highest BCUT2D eigenvalue weighted by atomic mass is 16.5. The predicted molar refractivity (Wildman–Crippen MR) is 94.3 cm³/mol. The van der Waals surface area contributed by atoms with Crippen molar-refractivity contribution in [2.75, 3.05) is 13.7 Å².